The second-order valence-corrected chi connectivity index (χ2v) is 3.57. The van der Waals surface area contributed by atoms with E-state index < -0.39 is 0 Å². The molecule has 1 saturated carbocycles. The first kappa shape index (κ1) is 10.1. The maximum absolute atomic E-state index is 10.1. The van der Waals surface area contributed by atoms with Crippen LogP contribution < -0.4 is 5.32 Å². The molecule has 1 N–H and O–H groups in total. The molecule has 0 atom stereocenters. The molecule has 0 amide bonds. The molecule has 0 heterocycles. The van der Waals surface area contributed by atoms with E-state index in [0.29, 0.717) is 6.04 Å². The largest absolute Gasteiger partial charge is 0.327 e. The average molecular weight is 189 g/mol. The van der Waals surface area contributed by atoms with Crippen LogP contribution in [0.25, 0.3) is 0 Å². The standard InChI is InChI=1S/C8H16NO2P/c1-2-9-7-3-5-8(6-4-7)11-12-10/h7-9H,2-6H2,1H3. The van der Waals surface area contributed by atoms with Crippen molar-refractivity contribution in [2.24, 2.45) is 0 Å². The second-order valence-electron chi connectivity index (χ2n) is 3.21. The molecule has 0 aromatic carbocycles. The van der Waals surface area contributed by atoms with Gasteiger partial charge in [-0.25, -0.2) is 4.57 Å². The minimum absolute atomic E-state index is 0.168. The summed E-state index contributed by atoms with van der Waals surface area (Å²) in [4.78, 5) is 0. The lowest BCUT2D eigenvalue weighted by atomic mass is 9.93. The molecule has 0 saturated heterocycles. The molecular weight excluding hydrogens is 173 g/mol. The van der Waals surface area contributed by atoms with E-state index in [1.807, 2.05) is 0 Å². The molecule has 1 aliphatic carbocycles. The van der Waals surface area contributed by atoms with Gasteiger partial charge in [0.25, 0.3) is 0 Å². The highest BCUT2D eigenvalue weighted by molar-refractivity contribution is 7.17. The van der Waals surface area contributed by atoms with Crippen molar-refractivity contribution in [3.05, 3.63) is 0 Å². The summed E-state index contributed by atoms with van der Waals surface area (Å²) < 4.78 is 15.1. The van der Waals surface area contributed by atoms with Gasteiger partial charge in [0.15, 0.2) is 0 Å². The van der Waals surface area contributed by atoms with Crippen LogP contribution in [0, 0.1) is 0 Å². The van der Waals surface area contributed by atoms with Gasteiger partial charge in [-0.05, 0) is 32.2 Å². The Balaban J connectivity index is 2.15. The molecule has 70 valence electrons. The SMILES string of the molecule is CCNC1CCC(OP=O)CC1. The van der Waals surface area contributed by atoms with Gasteiger partial charge in [-0.15, -0.1) is 0 Å². The van der Waals surface area contributed by atoms with Crippen molar-refractivity contribution in [2.45, 2.75) is 44.8 Å². The van der Waals surface area contributed by atoms with E-state index in [9.17, 15) is 4.57 Å². The topological polar surface area (TPSA) is 38.3 Å². The fourth-order valence-electron chi connectivity index (χ4n) is 1.72. The van der Waals surface area contributed by atoms with Gasteiger partial charge >= 0.3 is 8.69 Å². The molecule has 0 aromatic heterocycles. The summed E-state index contributed by atoms with van der Waals surface area (Å²) in [5.41, 5.74) is 0. The van der Waals surface area contributed by atoms with Crippen molar-refractivity contribution in [3.63, 3.8) is 0 Å². The van der Waals surface area contributed by atoms with Crippen molar-refractivity contribution < 1.29 is 9.09 Å². The zero-order valence-electron chi connectivity index (χ0n) is 7.45. The van der Waals surface area contributed by atoms with Crippen LogP contribution in [-0.2, 0) is 9.09 Å². The predicted octanol–water partition coefficient (Wildman–Crippen LogP) is 2.13. The van der Waals surface area contributed by atoms with Gasteiger partial charge in [-0.2, -0.15) is 0 Å². The highest BCUT2D eigenvalue weighted by atomic mass is 31.1. The Morgan fingerprint density at radius 3 is 2.58 bits per heavy atom. The van der Waals surface area contributed by atoms with Crippen LogP contribution in [0.1, 0.15) is 32.6 Å². The van der Waals surface area contributed by atoms with Gasteiger partial charge < -0.3 is 5.32 Å². The van der Waals surface area contributed by atoms with E-state index in [2.05, 4.69) is 12.2 Å². The Bertz CT molecular complexity index is 135. The molecular formula is C8H16NO2P. The molecule has 4 heteroatoms. The van der Waals surface area contributed by atoms with Gasteiger partial charge in [-0.3, -0.25) is 4.52 Å². The van der Waals surface area contributed by atoms with Crippen molar-refractivity contribution in [1.82, 2.24) is 5.32 Å². The Hall–Kier alpha value is 0.0200. The van der Waals surface area contributed by atoms with Crippen LogP contribution in [0.5, 0.6) is 0 Å². The Labute approximate surface area is 75.2 Å². The maximum Gasteiger partial charge on any atom is 0.327 e. The third-order valence-corrected chi connectivity index (χ3v) is 2.74. The highest BCUT2D eigenvalue weighted by Crippen LogP contribution is 2.23. The van der Waals surface area contributed by atoms with Crippen molar-refractivity contribution in [1.29, 1.82) is 0 Å². The van der Waals surface area contributed by atoms with E-state index in [1.54, 1.807) is 0 Å². The van der Waals surface area contributed by atoms with Crippen LogP contribution >= 0.6 is 8.69 Å². The minimum atomic E-state index is -0.168. The first-order valence-electron chi connectivity index (χ1n) is 4.58. The van der Waals surface area contributed by atoms with Gasteiger partial charge in [0.1, 0.15) is 0 Å². The Kier molecular flexibility index (Phi) is 4.74. The summed E-state index contributed by atoms with van der Waals surface area (Å²) in [6.45, 7) is 3.16. The van der Waals surface area contributed by atoms with Gasteiger partial charge in [0, 0.05) is 6.04 Å². The second kappa shape index (κ2) is 5.63. The lowest BCUT2D eigenvalue weighted by molar-refractivity contribution is 0.155. The van der Waals surface area contributed by atoms with Gasteiger partial charge in [-0.1, -0.05) is 6.92 Å². The van der Waals surface area contributed by atoms with Gasteiger partial charge in [0.2, 0.25) is 0 Å². The first-order chi connectivity index (χ1) is 5.86. The van der Waals surface area contributed by atoms with E-state index in [0.717, 1.165) is 32.2 Å². The first-order valence-corrected chi connectivity index (χ1v) is 5.31. The fourth-order valence-corrected chi connectivity index (χ4v) is 2.05. The molecule has 1 fully saturated rings. The summed E-state index contributed by atoms with van der Waals surface area (Å²) in [5.74, 6) is 0. The number of hydrogen-bond donors (Lipinski definition) is 1. The zero-order chi connectivity index (χ0) is 8.81. The fraction of sp³-hybridized carbons (Fsp3) is 1.00. The highest BCUT2D eigenvalue weighted by Gasteiger charge is 2.20. The van der Waals surface area contributed by atoms with Crippen LogP contribution in [-0.4, -0.2) is 18.7 Å². The smallest absolute Gasteiger partial charge is 0.314 e. The molecule has 0 radical (unpaired) electrons. The Morgan fingerprint density at radius 1 is 1.42 bits per heavy atom. The molecule has 0 spiro atoms. The monoisotopic (exact) mass is 189 g/mol. The van der Waals surface area contributed by atoms with E-state index >= 15 is 0 Å². The molecule has 0 aromatic rings. The number of nitrogens with one attached hydrogen (secondary N) is 1. The number of rotatable bonds is 4. The quantitative estimate of drug-likeness (QED) is 0.688. The Morgan fingerprint density at radius 2 is 2.08 bits per heavy atom. The summed E-state index contributed by atoms with van der Waals surface area (Å²) in [6, 6.07) is 0.651. The lowest BCUT2D eigenvalue weighted by Crippen LogP contribution is -2.34. The molecule has 1 rings (SSSR count). The summed E-state index contributed by atoms with van der Waals surface area (Å²) in [6.07, 6.45) is 4.58. The molecule has 0 unspecified atom stereocenters. The lowest BCUT2D eigenvalue weighted by Gasteiger charge is -2.26. The molecule has 0 bridgehead atoms. The molecule has 3 nitrogen and oxygen atoms in total. The van der Waals surface area contributed by atoms with Crippen LogP contribution in [0.15, 0.2) is 0 Å². The molecule has 1 aliphatic rings. The van der Waals surface area contributed by atoms with Crippen LogP contribution in [0.3, 0.4) is 0 Å². The van der Waals surface area contributed by atoms with Crippen LogP contribution in [0.2, 0.25) is 0 Å². The predicted molar refractivity (Wildman–Crippen MR) is 48.4 cm³/mol. The maximum atomic E-state index is 10.1. The van der Waals surface area contributed by atoms with E-state index in [1.165, 1.54) is 0 Å². The average Bonchev–Trinajstić information content (AvgIpc) is 2.09. The van der Waals surface area contributed by atoms with E-state index in [4.69, 9.17) is 4.52 Å². The molecule has 0 aliphatic heterocycles. The number of hydrogen-bond acceptors (Lipinski definition) is 3. The normalized spacial score (nSPS) is 30.8. The third-order valence-electron chi connectivity index (χ3n) is 2.36. The van der Waals surface area contributed by atoms with Crippen molar-refractivity contribution in [2.75, 3.05) is 6.54 Å². The van der Waals surface area contributed by atoms with Gasteiger partial charge in [0.05, 0.1) is 6.10 Å². The van der Waals surface area contributed by atoms with Crippen molar-refractivity contribution in [3.8, 4) is 0 Å². The summed E-state index contributed by atoms with van der Waals surface area (Å²) in [7, 11) is -0.168. The minimum Gasteiger partial charge on any atom is -0.314 e. The third kappa shape index (κ3) is 3.18. The zero-order valence-corrected chi connectivity index (χ0v) is 8.35. The molecule has 12 heavy (non-hydrogen) atoms. The summed E-state index contributed by atoms with van der Waals surface area (Å²) >= 11 is 0. The van der Waals surface area contributed by atoms with Crippen LogP contribution in [0.4, 0.5) is 0 Å². The summed E-state index contributed by atoms with van der Waals surface area (Å²) in [5, 5.41) is 3.41. The van der Waals surface area contributed by atoms with Crippen molar-refractivity contribution >= 4 is 8.69 Å². The van der Waals surface area contributed by atoms with E-state index in [-0.39, 0.29) is 14.8 Å².